The number of halogens is 1. The highest BCUT2D eigenvalue weighted by molar-refractivity contribution is 6.32. The van der Waals surface area contributed by atoms with E-state index in [0.717, 1.165) is 18.7 Å². The molecule has 2 aliphatic heterocycles. The van der Waals surface area contributed by atoms with Crippen molar-refractivity contribution in [2.75, 3.05) is 38.3 Å². The number of carbonyl (C=O) groups excluding carboxylic acids is 1. The van der Waals surface area contributed by atoms with Crippen LogP contribution in [0.5, 0.6) is 11.5 Å². The van der Waals surface area contributed by atoms with Gasteiger partial charge in [0, 0.05) is 32.4 Å². The van der Waals surface area contributed by atoms with Crippen molar-refractivity contribution in [3.05, 3.63) is 52.5 Å². The van der Waals surface area contributed by atoms with Crippen LogP contribution in [0.25, 0.3) is 0 Å². The highest BCUT2D eigenvalue weighted by Gasteiger charge is 2.20. The maximum absolute atomic E-state index is 12.9. The minimum atomic E-state index is 0.0474. The molecule has 1 saturated heterocycles. The quantitative estimate of drug-likeness (QED) is 0.731. The molecule has 1 amide bonds. The van der Waals surface area contributed by atoms with Gasteiger partial charge in [0.2, 0.25) is 5.91 Å². The summed E-state index contributed by atoms with van der Waals surface area (Å²) in [5, 5.41) is 0.489. The Labute approximate surface area is 177 Å². The minimum absolute atomic E-state index is 0.0474. The third-order valence-corrected chi connectivity index (χ3v) is 5.81. The molecule has 6 heteroatoms. The molecule has 0 aromatic heterocycles. The first-order chi connectivity index (χ1) is 14.1. The van der Waals surface area contributed by atoms with Gasteiger partial charge in [0.05, 0.1) is 11.4 Å². The van der Waals surface area contributed by atoms with Crippen molar-refractivity contribution in [3.63, 3.8) is 0 Å². The zero-order chi connectivity index (χ0) is 20.2. The first-order valence-corrected chi connectivity index (χ1v) is 10.6. The van der Waals surface area contributed by atoms with E-state index in [1.54, 1.807) is 11.0 Å². The molecule has 0 saturated carbocycles. The van der Waals surface area contributed by atoms with E-state index in [9.17, 15) is 4.79 Å². The maximum Gasteiger partial charge on any atom is 0.227 e. The fourth-order valence-electron chi connectivity index (χ4n) is 4.01. The van der Waals surface area contributed by atoms with Crippen molar-refractivity contribution in [3.8, 4) is 11.5 Å². The number of likely N-dealkylation sites (N-methyl/N-ethyl adjacent to an activating group) is 1. The highest BCUT2D eigenvalue weighted by atomic mass is 35.5. The largest absolute Gasteiger partial charge is 0.486 e. The standard InChI is InChI=1S/C23H27ClN2O3/c1-25(16-18-7-3-4-8-20(18)26-9-5-2-6-10-26)22(27)15-17-13-19(24)23-21(14-17)28-11-12-29-23/h3-4,7-8,13-14H,2,5-6,9-12,15-16H2,1H3. The van der Waals surface area contributed by atoms with Crippen molar-refractivity contribution in [1.82, 2.24) is 4.90 Å². The highest BCUT2D eigenvalue weighted by Crippen LogP contribution is 2.38. The van der Waals surface area contributed by atoms with Crippen LogP contribution in [0.1, 0.15) is 30.4 Å². The number of para-hydroxylation sites is 1. The van der Waals surface area contributed by atoms with Gasteiger partial charge in [0.15, 0.2) is 11.5 Å². The molecule has 29 heavy (non-hydrogen) atoms. The van der Waals surface area contributed by atoms with Crippen LogP contribution in [-0.2, 0) is 17.8 Å². The lowest BCUT2D eigenvalue weighted by Crippen LogP contribution is -2.32. The summed E-state index contributed by atoms with van der Waals surface area (Å²) in [6.45, 7) is 3.75. The van der Waals surface area contributed by atoms with Crippen LogP contribution in [0.3, 0.4) is 0 Å². The van der Waals surface area contributed by atoms with Crippen LogP contribution in [0.15, 0.2) is 36.4 Å². The number of hydrogen-bond donors (Lipinski definition) is 0. The normalized spacial score (nSPS) is 15.9. The Morgan fingerprint density at radius 2 is 1.86 bits per heavy atom. The Morgan fingerprint density at radius 1 is 1.10 bits per heavy atom. The Hall–Kier alpha value is -2.40. The lowest BCUT2D eigenvalue weighted by molar-refractivity contribution is -0.129. The monoisotopic (exact) mass is 414 g/mol. The van der Waals surface area contributed by atoms with Gasteiger partial charge < -0.3 is 19.3 Å². The second kappa shape index (κ2) is 8.95. The molecule has 4 rings (SSSR count). The summed E-state index contributed by atoms with van der Waals surface area (Å²) in [5.74, 6) is 1.23. The van der Waals surface area contributed by atoms with E-state index in [-0.39, 0.29) is 12.3 Å². The number of nitrogens with zero attached hydrogens (tertiary/aromatic N) is 2. The summed E-state index contributed by atoms with van der Waals surface area (Å²) < 4.78 is 11.2. The molecule has 0 radical (unpaired) electrons. The van der Waals surface area contributed by atoms with Gasteiger partial charge >= 0.3 is 0 Å². The van der Waals surface area contributed by atoms with Crippen molar-refractivity contribution in [1.29, 1.82) is 0 Å². The van der Waals surface area contributed by atoms with E-state index in [1.807, 2.05) is 19.2 Å². The predicted molar refractivity (Wildman–Crippen MR) is 115 cm³/mol. The molecule has 0 atom stereocenters. The van der Waals surface area contributed by atoms with E-state index in [2.05, 4.69) is 23.1 Å². The number of fused-ring (bicyclic) bond motifs is 1. The first kappa shape index (κ1) is 19.9. The van der Waals surface area contributed by atoms with Gasteiger partial charge in [0.25, 0.3) is 0 Å². The second-order valence-electron chi connectivity index (χ2n) is 7.70. The Kier molecular flexibility index (Phi) is 6.14. The zero-order valence-corrected chi connectivity index (χ0v) is 17.6. The van der Waals surface area contributed by atoms with Crippen molar-refractivity contribution in [2.24, 2.45) is 0 Å². The summed E-state index contributed by atoms with van der Waals surface area (Å²) >= 11 is 6.31. The number of hydrogen-bond acceptors (Lipinski definition) is 4. The molecule has 5 nitrogen and oxygen atoms in total. The Morgan fingerprint density at radius 3 is 2.69 bits per heavy atom. The van der Waals surface area contributed by atoms with Crippen molar-refractivity contribution in [2.45, 2.75) is 32.2 Å². The molecule has 0 unspecified atom stereocenters. The van der Waals surface area contributed by atoms with Crippen LogP contribution in [-0.4, -0.2) is 44.2 Å². The average molecular weight is 415 g/mol. The molecule has 154 valence electrons. The molecule has 2 heterocycles. The predicted octanol–water partition coefficient (Wildman–Crippen LogP) is 4.30. The van der Waals surface area contributed by atoms with Gasteiger partial charge in [-0.05, 0) is 48.6 Å². The molecule has 0 bridgehead atoms. The summed E-state index contributed by atoms with van der Waals surface area (Å²) in [5.41, 5.74) is 3.26. The summed E-state index contributed by atoms with van der Waals surface area (Å²) in [6.07, 6.45) is 4.04. The third kappa shape index (κ3) is 4.61. The van der Waals surface area contributed by atoms with Gasteiger partial charge in [-0.25, -0.2) is 0 Å². The molecule has 2 aromatic rings. The van der Waals surface area contributed by atoms with Crippen LogP contribution in [0, 0.1) is 0 Å². The number of anilines is 1. The number of benzene rings is 2. The third-order valence-electron chi connectivity index (χ3n) is 5.53. The van der Waals surface area contributed by atoms with Gasteiger partial charge in [-0.2, -0.15) is 0 Å². The van der Waals surface area contributed by atoms with E-state index >= 15 is 0 Å². The van der Waals surface area contributed by atoms with Gasteiger partial charge in [-0.1, -0.05) is 29.8 Å². The van der Waals surface area contributed by atoms with Crippen LogP contribution in [0.2, 0.25) is 5.02 Å². The van der Waals surface area contributed by atoms with Crippen molar-refractivity contribution < 1.29 is 14.3 Å². The summed E-state index contributed by atoms with van der Waals surface area (Å²) in [6, 6.07) is 12.1. The Balaban J connectivity index is 1.45. The number of carbonyl (C=O) groups is 1. The SMILES string of the molecule is CN(Cc1ccccc1N1CCCCC1)C(=O)Cc1cc(Cl)c2c(c1)OCCO2. The molecular weight excluding hydrogens is 388 g/mol. The lowest BCUT2D eigenvalue weighted by Gasteiger charge is -2.31. The first-order valence-electron chi connectivity index (χ1n) is 10.3. The number of piperidine rings is 1. The molecule has 1 fully saturated rings. The van der Waals surface area contributed by atoms with Gasteiger partial charge in [-0.3, -0.25) is 4.79 Å². The van der Waals surface area contributed by atoms with E-state index in [4.69, 9.17) is 21.1 Å². The topological polar surface area (TPSA) is 42.0 Å². The zero-order valence-electron chi connectivity index (χ0n) is 16.8. The smallest absolute Gasteiger partial charge is 0.227 e. The fraction of sp³-hybridized carbons (Fsp3) is 0.435. The summed E-state index contributed by atoms with van der Waals surface area (Å²) in [7, 11) is 1.86. The minimum Gasteiger partial charge on any atom is -0.486 e. The summed E-state index contributed by atoms with van der Waals surface area (Å²) in [4.78, 5) is 17.1. The number of rotatable bonds is 5. The Bertz CT molecular complexity index is 880. The maximum atomic E-state index is 12.9. The van der Waals surface area contributed by atoms with E-state index < -0.39 is 0 Å². The number of ether oxygens (including phenoxy) is 2. The molecule has 0 aliphatic carbocycles. The van der Waals surface area contributed by atoms with E-state index in [0.29, 0.717) is 36.3 Å². The van der Waals surface area contributed by atoms with E-state index in [1.165, 1.54) is 30.5 Å². The molecule has 2 aromatic carbocycles. The van der Waals surface area contributed by atoms with Crippen LogP contribution >= 0.6 is 11.6 Å². The lowest BCUT2D eigenvalue weighted by atomic mass is 10.1. The average Bonchev–Trinajstić information content (AvgIpc) is 2.75. The molecule has 2 aliphatic rings. The fourth-order valence-corrected chi connectivity index (χ4v) is 4.30. The van der Waals surface area contributed by atoms with Crippen LogP contribution in [0.4, 0.5) is 5.69 Å². The molecule has 0 spiro atoms. The number of amides is 1. The van der Waals surface area contributed by atoms with Gasteiger partial charge in [-0.15, -0.1) is 0 Å². The van der Waals surface area contributed by atoms with Crippen LogP contribution < -0.4 is 14.4 Å². The molecule has 0 N–H and O–H groups in total. The van der Waals surface area contributed by atoms with Gasteiger partial charge in [0.1, 0.15) is 13.2 Å². The molecular formula is C23H27ClN2O3. The van der Waals surface area contributed by atoms with Crippen molar-refractivity contribution >= 4 is 23.2 Å². The second-order valence-corrected chi connectivity index (χ2v) is 8.11.